The number of fused-ring (bicyclic) bond motifs is 1. The number of carboxylic acid groups (broad SMARTS) is 1. The van der Waals surface area contributed by atoms with E-state index in [9.17, 15) is 9.59 Å². The molecule has 0 radical (unpaired) electrons. The van der Waals surface area contributed by atoms with Crippen molar-refractivity contribution in [2.45, 2.75) is 44.7 Å². The maximum atomic E-state index is 11.4. The Balaban J connectivity index is 2.21. The number of hydrogen-bond donors (Lipinski definition) is 1. The van der Waals surface area contributed by atoms with Crippen molar-refractivity contribution < 1.29 is 14.7 Å². The lowest BCUT2D eigenvalue weighted by Crippen LogP contribution is -2.43. The average Bonchev–Trinajstić information content (AvgIpc) is 2.58. The number of carboxylic acids is 1. The summed E-state index contributed by atoms with van der Waals surface area (Å²) in [5.74, 6) is -0.513. The molecule has 2 aliphatic rings. The topological polar surface area (TPSA) is 57.6 Å². The largest absolute Gasteiger partial charge is 0.480 e. The molecule has 0 unspecified atom stereocenters. The van der Waals surface area contributed by atoms with Gasteiger partial charge in [-0.05, 0) is 25.2 Å². The van der Waals surface area contributed by atoms with Crippen LogP contribution in [0.5, 0.6) is 0 Å². The molecule has 0 aromatic rings. The summed E-state index contributed by atoms with van der Waals surface area (Å²) in [4.78, 5) is 23.9. The second-order valence-corrected chi connectivity index (χ2v) is 4.27. The summed E-state index contributed by atoms with van der Waals surface area (Å²) in [5, 5.41) is 8.99. The summed E-state index contributed by atoms with van der Waals surface area (Å²) < 4.78 is 0. The van der Waals surface area contributed by atoms with E-state index in [1.807, 2.05) is 0 Å². The molecule has 0 aromatic heterocycles. The van der Waals surface area contributed by atoms with Gasteiger partial charge >= 0.3 is 5.97 Å². The molecule has 0 bridgehead atoms. The molecule has 3 atom stereocenters. The van der Waals surface area contributed by atoms with Gasteiger partial charge < -0.3 is 10.0 Å². The van der Waals surface area contributed by atoms with Gasteiger partial charge in [0.1, 0.15) is 6.04 Å². The number of nitrogens with zero attached hydrogens (tertiary/aromatic N) is 1. The van der Waals surface area contributed by atoms with E-state index in [4.69, 9.17) is 5.11 Å². The zero-order valence-corrected chi connectivity index (χ0v) is 8.27. The summed E-state index contributed by atoms with van der Waals surface area (Å²) in [7, 11) is 0. The van der Waals surface area contributed by atoms with E-state index in [2.05, 4.69) is 0 Å². The van der Waals surface area contributed by atoms with E-state index in [1.165, 1.54) is 6.92 Å². The predicted octanol–water partition coefficient (Wildman–Crippen LogP) is 0.860. The average molecular weight is 197 g/mol. The minimum absolute atomic E-state index is 0.0909. The summed E-state index contributed by atoms with van der Waals surface area (Å²) >= 11 is 0. The van der Waals surface area contributed by atoms with Gasteiger partial charge in [-0.2, -0.15) is 0 Å². The highest BCUT2D eigenvalue weighted by Gasteiger charge is 2.47. The molecule has 78 valence electrons. The molecule has 2 fully saturated rings. The third-order valence-corrected chi connectivity index (χ3v) is 3.49. The Morgan fingerprint density at radius 3 is 2.64 bits per heavy atom. The van der Waals surface area contributed by atoms with Crippen molar-refractivity contribution in [3.05, 3.63) is 0 Å². The fourth-order valence-corrected chi connectivity index (χ4v) is 2.96. The molecule has 1 saturated carbocycles. The fraction of sp³-hybridized carbons (Fsp3) is 0.800. The number of hydrogen-bond acceptors (Lipinski definition) is 2. The van der Waals surface area contributed by atoms with Crippen molar-refractivity contribution in [2.75, 3.05) is 0 Å². The van der Waals surface area contributed by atoms with Gasteiger partial charge in [0.2, 0.25) is 5.91 Å². The van der Waals surface area contributed by atoms with Gasteiger partial charge in [0.15, 0.2) is 0 Å². The van der Waals surface area contributed by atoms with Gasteiger partial charge in [0, 0.05) is 13.0 Å². The quantitative estimate of drug-likeness (QED) is 0.678. The molecule has 14 heavy (non-hydrogen) atoms. The van der Waals surface area contributed by atoms with Gasteiger partial charge in [0.05, 0.1) is 0 Å². The highest BCUT2D eigenvalue weighted by Crippen LogP contribution is 2.41. The van der Waals surface area contributed by atoms with Crippen LogP contribution in [0.1, 0.15) is 32.6 Å². The van der Waals surface area contributed by atoms with Crippen LogP contribution in [-0.2, 0) is 9.59 Å². The van der Waals surface area contributed by atoms with Crippen molar-refractivity contribution in [3.8, 4) is 0 Å². The minimum Gasteiger partial charge on any atom is -0.480 e. The smallest absolute Gasteiger partial charge is 0.326 e. The number of carbonyl (C=O) groups excluding carboxylic acids is 1. The summed E-state index contributed by atoms with van der Waals surface area (Å²) in [5.41, 5.74) is 0. The Labute approximate surface area is 82.9 Å². The van der Waals surface area contributed by atoms with E-state index < -0.39 is 12.0 Å². The third-order valence-electron chi connectivity index (χ3n) is 3.49. The highest BCUT2D eigenvalue weighted by molar-refractivity contribution is 5.83. The van der Waals surface area contributed by atoms with Crippen LogP contribution >= 0.6 is 0 Å². The van der Waals surface area contributed by atoms with Crippen molar-refractivity contribution in [3.63, 3.8) is 0 Å². The molecule has 1 heterocycles. The second kappa shape index (κ2) is 3.26. The SMILES string of the molecule is CC(=O)N1[C@H](C(=O)O)C[C@@H]2CCC[C@@H]21. The molecule has 1 aliphatic heterocycles. The van der Waals surface area contributed by atoms with Crippen molar-refractivity contribution in [2.24, 2.45) is 5.92 Å². The first-order chi connectivity index (χ1) is 6.61. The van der Waals surface area contributed by atoms with E-state index in [0.29, 0.717) is 12.3 Å². The molecule has 0 spiro atoms. The van der Waals surface area contributed by atoms with Gasteiger partial charge in [-0.1, -0.05) is 6.42 Å². The molecule has 4 heteroatoms. The first-order valence-corrected chi connectivity index (χ1v) is 5.13. The van der Waals surface area contributed by atoms with Gasteiger partial charge in [-0.15, -0.1) is 0 Å². The highest BCUT2D eigenvalue weighted by atomic mass is 16.4. The van der Waals surface area contributed by atoms with Crippen LogP contribution in [0.25, 0.3) is 0 Å². The first-order valence-electron chi connectivity index (χ1n) is 5.13. The molecular formula is C10H15NO3. The normalized spacial score (nSPS) is 35.8. The van der Waals surface area contributed by atoms with Crippen LogP contribution in [0.15, 0.2) is 0 Å². The standard InChI is InChI=1S/C10H15NO3/c1-6(12)11-8-4-2-3-7(8)5-9(11)10(13)14/h7-9H,2-5H2,1H3,(H,13,14)/t7-,8-,9-/m0/s1. The molecule has 1 N–H and O–H groups in total. The van der Waals surface area contributed by atoms with Crippen LogP contribution in [0.3, 0.4) is 0 Å². The van der Waals surface area contributed by atoms with Crippen molar-refractivity contribution in [1.29, 1.82) is 0 Å². The number of likely N-dealkylation sites (tertiary alicyclic amines) is 1. The lowest BCUT2D eigenvalue weighted by atomic mass is 10.0. The number of carbonyl (C=O) groups is 2. The monoisotopic (exact) mass is 197 g/mol. The van der Waals surface area contributed by atoms with Gasteiger partial charge in [0.25, 0.3) is 0 Å². The molecule has 4 nitrogen and oxygen atoms in total. The maximum absolute atomic E-state index is 11.4. The fourth-order valence-electron chi connectivity index (χ4n) is 2.96. The number of rotatable bonds is 1. The molecular weight excluding hydrogens is 182 g/mol. The molecule has 1 aliphatic carbocycles. The van der Waals surface area contributed by atoms with Crippen LogP contribution in [0, 0.1) is 5.92 Å². The number of aliphatic carboxylic acids is 1. The lowest BCUT2D eigenvalue weighted by Gasteiger charge is -2.26. The minimum atomic E-state index is -0.852. The van der Waals surface area contributed by atoms with E-state index in [-0.39, 0.29) is 11.9 Å². The lowest BCUT2D eigenvalue weighted by molar-refractivity contribution is -0.148. The summed E-state index contributed by atoms with van der Waals surface area (Å²) in [6.07, 6.45) is 3.84. The maximum Gasteiger partial charge on any atom is 0.326 e. The Morgan fingerprint density at radius 1 is 1.36 bits per heavy atom. The second-order valence-electron chi connectivity index (χ2n) is 4.27. The first kappa shape index (κ1) is 9.49. The van der Waals surface area contributed by atoms with Crippen molar-refractivity contribution >= 4 is 11.9 Å². The van der Waals surface area contributed by atoms with E-state index >= 15 is 0 Å². The third kappa shape index (κ3) is 1.29. The van der Waals surface area contributed by atoms with Crippen LogP contribution in [0.2, 0.25) is 0 Å². The van der Waals surface area contributed by atoms with E-state index in [1.54, 1.807) is 4.90 Å². The van der Waals surface area contributed by atoms with Crippen LogP contribution in [-0.4, -0.2) is 34.0 Å². The molecule has 1 saturated heterocycles. The molecule has 2 rings (SSSR count). The molecule has 1 amide bonds. The molecule has 0 aromatic carbocycles. The van der Waals surface area contributed by atoms with Gasteiger partial charge in [-0.3, -0.25) is 4.79 Å². The Kier molecular flexibility index (Phi) is 2.21. The zero-order chi connectivity index (χ0) is 10.3. The Morgan fingerprint density at radius 2 is 2.07 bits per heavy atom. The summed E-state index contributed by atoms with van der Waals surface area (Å²) in [6, 6.07) is -0.364. The Bertz CT molecular complexity index is 277. The van der Waals surface area contributed by atoms with Gasteiger partial charge in [-0.25, -0.2) is 4.79 Å². The predicted molar refractivity (Wildman–Crippen MR) is 49.7 cm³/mol. The van der Waals surface area contributed by atoms with E-state index in [0.717, 1.165) is 19.3 Å². The summed E-state index contributed by atoms with van der Waals surface area (Å²) in [6.45, 7) is 1.47. The number of amides is 1. The van der Waals surface area contributed by atoms with Crippen molar-refractivity contribution in [1.82, 2.24) is 4.90 Å². The van der Waals surface area contributed by atoms with Crippen LogP contribution in [0.4, 0.5) is 0 Å². The zero-order valence-electron chi connectivity index (χ0n) is 8.27. The van der Waals surface area contributed by atoms with Crippen LogP contribution < -0.4 is 0 Å². The Hall–Kier alpha value is -1.06.